The third-order valence-corrected chi connectivity index (χ3v) is 6.11. The van der Waals surface area contributed by atoms with Gasteiger partial charge in [0.05, 0.1) is 6.54 Å². The van der Waals surface area contributed by atoms with Crippen molar-refractivity contribution in [2.75, 3.05) is 20.1 Å². The van der Waals surface area contributed by atoms with Crippen molar-refractivity contribution in [1.29, 1.82) is 0 Å². The van der Waals surface area contributed by atoms with Crippen molar-refractivity contribution in [2.24, 2.45) is 5.92 Å². The zero-order valence-electron chi connectivity index (χ0n) is 17.9. The van der Waals surface area contributed by atoms with Crippen LogP contribution in [0.5, 0.6) is 0 Å². The normalized spacial score (nSPS) is 15.2. The third kappa shape index (κ3) is 5.32. The number of amides is 1. The fourth-order valence-corrected chi connectivity index (χ4v) is 4.16. The minimum absolute atomic E-state index is 0.0544. The Labute approximate surface area is 187 Å². The molecule has 0 bridgehead atoms. The number of hydrogen-bond donors (Lipinski definition) is 0. The van der Waals surface area contributed by atoms with Gasteiger partial charge in [0, 0.05) is 30.1 Å². The van der Waals surface area contributed by atoms with Crippen LogP contribution in [0.3, 0.4) is 0 Å². The Morgan fingerprint density at radius 3 is 2.58 bits per heavy atom. The van der Waals surface area contributed by atoms with Crippen molar-refractivity contribution in [3.05, 3.63) is 70.6 Å². The predicted molar refractivity (Wildman–Crippen MR) is 120 cm³/mol. The van der Waals surface area contributed by atoms with E-state index >= 15 is 0 Å². The molecule has 0 atom stereocenters. The molecule has 1 saturated heterocycles. The van der Waals surface area contributed by atoms with Crippen LogP contribution in [0.2, 0.25) is 5.02 Å². The van der Waals surface area contributed by atoms with Crippen LogP contribution in [0.15, 0.2) is 53.1 Å². The van der Waals surface area contributed by atoms with E-state index in [0.717, 1.165) is 42.6 Å². The van der Waals surface area contributed by atoms with E-state index in [1.807, 2.05) is 67.4 Å². The summed E-state index contributed by atoms with van der Waals surface area (Å²) in [4.78, 5) is 21.5. The van der Waals surface area contributed by atoms with Gasteiger partial charge in [0.15, 0.2) is 0 Å². The number of nitrogens with zero attached hydrogens (tertiary/aromatic N) is 4. The van der Waals surface area contributed by atoms with E-state index in [1.165, 1.54) is 0 Å². The number of aromatic nitrogens is 2. The second-order valence-electron chi connectivity index (χ2n) is 8.20. The molecule has 4 rings (SSSR count). The number of aryl methyl sites for hydroxylation is 1. The fourth-order valence-electron chi connectivity index (χ4n) is 4.03. The summed E-state index contributed by atoms with van der Waals surface area (Å²) < 4.78 is 5.48. The molecule has 1 fully saturated rings. The topological polar surface area (TPSA) is 62.5 Å². The van der Waals surface area contributed by atoms with E-state index in [4.69, 9.17) is 16.1 Å². The molecule has 2 aromatic carbocycles. The van der Waals surface area contributed by atoms with Crippen LogP contribution in [0.1, 0.15) is 29.9 Å². The lowest BCUT2D eigenvalue weighted by Crippen LogP contribution is -2.40. The summed E-state index contributed by atoms with van der Waals surface area (Å²) in [5, 5.41) is 4.85. The van der Waals surface area contributed by atoms with Gasteiger partial charge in [-0.3, -0.25) is 9.69 Å². The average Bonchev–Trinajstić information content (AvgIpc) is 3.24. The Bertz CT molecular complexity index is 1030. The highest BCUT2D eigenvalue weighted by molar-refractivity contribution is 6.30. The molecule has 2 heterocycles. The van der Waals surface area contributed by atoms with Crippen molar-refractivity contribution in [3.63, 3.8) is 0 Å². The zero-order valence-corrected chi connectivity index (χ0v) is 18.7. The smallest absolute Gasteiger partial charge is 0.241 e. The van der Waals surface area contributed by atoms with Gasteiger partial charge in [-0.05, 0) is 56.1 Å². The number of halogens is 1. The summed E-state index contributed by atoms with van der Waals surface area (Å²) in [6.07, 6.45) is 1.67. The average molecular weight is 439 g/mol. The lowest BCUT2D eigenvalue weighted by molar-refractivity contribution is -0.136. The Hall–Kier alpha value is -2.70. The summed E-state index contributed by atoms with van der Waals surface area (Å²) in [6.45, 7) is 4.93. The lowest BCUT2D eigenvalue weighted by atomic mass is 9.95. The van der Waals surface area contributed by atoms with Crippen LogP contribution in [0.25, 0.3) is 11.4 Å². The molecule has 31 heavy (non-hydrogen) atoms. The summed E-state index contributed by atoms with van der Waals surface area (Å²) in [6, 6.07) is 15.7. The molecule has 1 aromatic heterocycles. The van der Waals surface area contributed by atoms with E-state index in [1.54, 1.807) is 0 Å². The molecule has 0 radical (unpaired) electrons. The number of likely N-dealkylation sites (tertiary alicyclic amines) is 1. The van der Waals surface area contributed by atoms with Crippen molar-refractivity contribution >= 4 is 17.5 Å². The van der Waals surface area contributed by atoms with Gasteiger partial charge in [0.1, 0.15) is 0 Å². The SMILES string of the molecule is Cc1ccccc1-c1noc(CN2CCC(C(=O)N(C)Cc3ccc(Cl)cc3)CC2)n1. The summed E-state index contributed by atoms with van der Waals surface area (Å²) in [7, 11) is 1.87. The monoisotopic (exact) mass is 438 g/mol. The second kappa shape index (κ2) is 9.62. The summed E-state index contributed by atoms with van der Waals surface area (Å²) in [5.41, 5.74) is 3.20. The molecule has 0 spiro atoms. The highest BCUT2D eigenvalue weighted by Crippen LogP contribution is 2.23. The Morgan fingerprint density at radius 2 is 1.87 bits per heavy atom. The minimum atomic E-state index is 0.0544. The largest absolute Gasteiger partial charge is 0.341 e. The molecule has 1 aliphatic rings. The van der Waals surface area contributed by atoms with Crippen molar-refractivity contribution in [3.8, 4) is 11.4 Å². The number of rotatable bonds is 6. The molecule has 3 aromatic rings. The van der Waals surface area contributed by atoms with Crippen molar-refractivity contribution in [2.45, 2.75) is 32.9 Å². The standard InChI is InChI=1S/C24H27ClN4O2/c1-17-5-3-4-6-21(17)23-26-22(31-27-23)16-29-13-11-19(12-14-29)24(30)28(2)15-18-7-9-20(25)10-8-18/h3-10,19H,11-16H2,1-2H3. The summed E-state index contributed by atoms with van der Waals surface area (Å²) >= 11 is 5.94. The Balaban J connectivity index is 1.28. The van der Waals surface area contributed by atoms with E-state index in [2.05, 4.69) is 15.0 Å². The Morgan fingerprint density at radius 1 is 1.16 bits per heavy atom. The molecule has 7 heteroatoms. The highest BCUT2D eigenvalue weighted by Gasteiger charge is 2.28. The van der Waals surface area contributed by atoms with E-state index in [0.29, 0.717) is 29.8 Å². The van der Waals surface area contributed by atoms with Crippen LogP contribution in [-0.2, 0) is 17.9 Å². The first kappa shape index (κ1) is 21.5. The van der Waals surface area contributed by atoms with Gasteiger partial charge >= 0.3 is 0 Å². The maximum absolute atomic E-state index is 12.9. The van der Waals surface area contributed by atoms with Crippen LogP contribution in [-0.4, -0.2) is 46.0 Å². The van der Waals surface area contributed by atoms with Gasteiger partial charge in [0.25, 0.3) is 0 Å². The van der Waals surface area contributed by atoms with Crippen molar-refractivity contribution in [1.82, 2.24) is 19.9 Å². The highest BCUT2D eigenvalue weighted by atomic mass is 35.5. The van der Waals surface area contributed by atoms with Gasteiger partial charge in [-0.1, -0.05) is 53.2 Å². The maximum atomic E-state index is 12.9. The lowest BCUT2D eigenvalue weighted by Gasteiger charge is -2.32. The molecule has 0 saturated carbocycles. The molecule has 0 aliphatic carbocycles. The molecule has 1 aliphatic heterocycles. The van der Waals surface area contributed by atoms with E-state index in [-0.39, 0.29) is 11.8 Å². The number of carbonyl (C=O) groups is 1. The van der Waals surface area contributed by atoms with E-state index < -0.39 is 0 Å². The third-order valence-electron chi connectivity index (χ3n) is 5.86. The zero-order chi connectivity index (χ0) is 21.8. The van der Waals surface area contributed by atoms with Crippen LogP contribution in [0, 0.1) is 12.8 Å². The predicted octanol–water partition coefficient (Wildman–Crippen LogP) is 4.57. The number of benzene rings is 2. The van der Waals surface area contributed by atoms with Crippen LogP contribution < -0.4 is 0 Å². The second-order valence-corrected chi connectivity index (χ2v) is 8.63. The van der Waals surface area contributed by atoms with Gasteiger partial charge in [0.2, 0.25) is 17.6 Å². The first-order valence-electron chi connectivity index (χ1n) is 10.6. The first-order chi connectivity index (χ1) is 15.0. The van der Waals surface area contributed by atoms with Gasteiger partial charge in [-0.15, -0.1) is 0 Å². The first-order valence-corrected chi connectivity index (χ1v) is 11.0. The molecular weight excluding hydrogens is 412 g/mol. The number of hydrogen-bond acceptors (Lipinski definition) is 5. The molecule has 6 nitrogen and oxygen atoms in total. The van der Waals surface area contributed by atoms with Gasteiger partial charge in [-0.25, -0.2) is 0 Å². The molecule has 162 valence electrons. The van der Waals surface area contributed by atoms with Crippen LogP contribution >= 0.6 is 11.6 Å². The maximum Gasteiger partial charge on any atom is 0.241 e. The number of piperidine rings is 1. The van der Waals surface area contributed by atoms with Crippen LogP contribution in [0.4, 0.5) is 0 Å². The molecule has 0 N–H and O–H groups in total. The van der Waals surface area contributed by atoms with Gasteiger partial charge < -0.3 is 9.42 Å². The van der Waals surface area contributed by atoms with E-state index in [9.17, 15) is 4.79 Å². The molecular formula is C24H27ClN4O2. The quantitative estimate of drug-likeness (QED) is 0.564. The minimum Gasteiger partial charge on any atom is -0.341 e. The summed E-state index contributed by atoms with van der Waals surface area (Å²) in [5.74, 6) is 1.50. The van der Waals surface area contributed by atoms with Gasteiger partial charge in [-0.2, -0.15) is 4.98 Å². The Kier molecular flexibility index (Phi) is 6.68. The fraction of sp³-hybridized carbons (Fsp3) is 0.375. The molecule has 1 amide bonds. The van der Waals surface area contributed by atoms with Crippen molar-refractivity contribution < 1.29 is 9.32 Å². The number of carbonyl (C=O) groups excluding carboxylic acids is 1. The molecule has 0 unspecified atom stereocenters.